The second-order valence-electron chi connectivity index (χ2n) is 8.70. The first-order chi connectivity index (χ1) is 17.7. The summed E-state index contributed by atoms with van der Waals surface area (Å²) in [6, 6.07) is 20.9. The number of hydrogen-bond donors (Lipinski definition) is 1. The molecule has 0 bridgehead atoms. The Morgan fingerprint density at radius 3 is 2.39 bits per heavy atom. The van der Waals surface area contributed by atoms with Gasteiger partial charge in [0, 0.05) is 35.2 Å². The van der Waals surface area contributed by atoms with E-state index in [9.17, 15) is 4.79 Å². The van der Waals surface area contributed by atoms with Crippen LogP contribution in [-0.2, 0) is 19.6 Å². The summed E-state index contributed by atoms with van der Waals surface area (Å²) in [5, 5.41) is 2.95. The van der Waals surface area contributed by atoms with E-state index in [4.69, 9.17) is 14.2 Å². The first-order valence-electron chi connectivity index (χ1n) is 12.0. The van der Waals surface area contributed by atoms with E-state index in [1.54, 1.807) is 26.4 Å². The quantitative estimate of drug-likeness (QED) is 0.346. The molecule has 1 aromatic heterocycles. The summed E-state index contributed by atoms with van der Waals surface area (Å²) in [5.74, 6) is 2.01. The third kappa shape index (κ3) is 4.91. The van der Waals surface area contributed by atoms with Gasteiger partial charge in [-0.3, -0.25) is 4.79 Å². The molecule has 36 heavy (non-hydrogen) atoms. The van der Waals surface area contributed by atoms with Gasteiger partial charge in [0.15, 0.2) is 11.5 Å². The van der Waals surface area contributed by atoms with Crippen LogP contribution in [0.3, 0.4) is 0 Å². The lowest BCUT2D eigenvalue weighted by molar-refractivity contribution is 0.102. The van der Waals surface area contributed by atoms with Crippen LogP contribution in [0.1, 0.15) is 34.5 Å². The summed E-state index contributed by atoms with van der Waals surface area (Å²) in [7, 11) is 3.08. The van der Waals surface area contributed by atoms with Crippen molar-refractivity contribution in [3.05, 3.63) is 89.7 Å². The average molecular weight is 484 g/mol. The van der Waals surface area contributed by atoms with Gasteiger partial charge in [-0.25, -0.2) is 4.98 Å². The van der Waals surface area contributed by atoms with Crippen LogP contribution in [0.15, 0.2) is 72.9 Å². The van der Waals surface area contributed by atoms with Gasteiger partial charge in [-0.2, -0.15) is 0 Å². The van der Waals surface area contributed by atoms with Crippen molar-refractivity contribution in [3.8, 4) is 28.6 Å². The molecule has 2 heterocycles. The zero-order chi connectivity index (χ0) is 24.9. The Balaban J connectivity index is 1.32. The Morgan fingerprint density at radius 1 is 0.972 bits per heavy atom. The van der Waals surface area contributed by atoms with Crippen molar-refractivity contribution in [1.29, 1.82) is 0 Å². The van der Waals surface area contributed by atoms with Gasteiger partial charge in [-0.05, 0) is 61.2 Å². The van der Waals surface area contributed by atoms with Crippen LogP contribution in [0, 0.1) is 0 Å². The summed E-state index contributed by atoms with van der Waals surface area (Å²) in [6.45, 7) is 1.35. The first-order valence-corrected chi connectivity index (χ1v) is 12.0. The topological polar surface area (TPSA) is 74.6 Å². The van der Waals surface area contributed by atoms with E-state index in [0.29, 0.717) is 35.1 Å². The maximum absolute atomic E-state index is 13.1. The third-order valence-electron chi connectivity index (χ3n) is 6.35. The van der Waals surface area contributed by atoms with E-state index in [-0.39, 0.29) is 5.91 Å². The Morgan fingerprint density at radius 2 is 1.69 bits per heavy atom. The number of ether oxygens (including phenoxy) is 3. The highest BCUT2D eigenvalue weighted by Crippen LogP contribution is 2.39. The predicted molar refractivity (Wildman–Crippen MR) is 139 cm³/mol. The van der Waals surface area contributed by atoms with Crippen molar-refractivity contribution in [2.24, 2.45) is 0 Å². The van der Waals surface area contributed by atoms with Gasteiger partial charge in [0.1, 0.15) is 12.4 Å². The number of amides is 1. The Kier molecular flexibility index (Phi) is 6.89. The molecule has 0 radical (unpaired) electrons. The molecule has 7 heteroatoms. The molecule has 3 aromatic carbocycles. The molecule has 1 aliphatic rings. The molecule has 0 aliphatic carbocycles. The number of aromatic nitrogens is 2. The number of imidazole rings is 1. The zero-order valence-electron chi connectivity index (χ0n) is 20.5. The van der Waals surface area contributed by atoms with Crippen molar-refractivity contribution in [3.63, 3.8) is 0 Å². The van der Waals surface area contributed by atoms with Crippen molar-refractivity contribution in [2.45, 2.75) is 32.4 Å². The standard InChI is InChI=1S/C29H29N3O4/c1-34-25-16-22(17-26(35-2)27(25)36-19-20-8-4-3-5-9-20)29(33)31-23-13-11-21(12-14-23)28-30-18-24-10-6-7-15-32(24)28/h3-5,8-9,11-14,16-18H,6-7,10,15,19H2,1-2H3,(H,31,33). The minimum absolute atomic E-state index is 0.271. The molecule has 7 nitrogen and oxygen atoms in total. The second-order valence-corrected chi connectivity index (χ2v) is 8.70. The summed E-state index contributed by atoms with van der Waals surface area (Å²) >= 11 is 0. The SMILES string of the molecule is COc1cc(C(=O)Nc2ccc(-c3ncc4n3CCCC4)cc2)cc(OC)c1OCc1ccccc1. The van der Waals surface area contributed by atoms with E-state index >= 15 is 0 Å². The van der Waals surface area contributed by atoms with Gasteiger partial charge in [0.05, 0.1) is 14.2 Å². The van der Waals surface area contributed by atoms with Gasteiger partial charge in [-0.1, -0.05) is 30.3 Å². The van der Waals surface area contributed by atoms with Crippen LogP contribution in [0.5, 0.6) is 17.2 Å². The Hall–Kier alpha value is -4.26. The summed E-state index contributed by atoms with van der Waals surface area (Å²) in [5.41, 5.74) is 4.43. The smallest absolute Gasteiger partial charge is 0.255 e. The fourth-order valence-corrected chi connectivity index (χ4v) is 4.46. The third-order valence-corrected chi connectivity index (χ3v) is 6.35. The number of nitrogens with zero attached hydrogens (tertiary/aromatic N) is 2. The maximum Gasteiger partial charge on any atom is 0.255 e. The highest BCUT2D eigenvalue weighted by atomic mass is 16.5. The lowest BCUT2D eigenvalue weighted by atomic mass is 10.1. The number of methoxy groups -OCH3 is 2. The number of nitrogens with one attached hydrogen (secondary N) is 1. The minimum Gasteiger partial charge on any atom is -0.493 e. The van der Waals surface area contributed by atoms with E-state index in [1.165, 1.54) is 18.5 Å². The molecule has 1 aliphatic heterocycles. The molecule has 0 unspecified atom stereocenters. The number of carbonyl (C=O) groups excluding carboxylic acids is 1. The number of anilines is 1. The minimum atomic E-state index is -0.271. The van der Waals surface area contributed by atoms with E-state index in [1.807, 2.05) is 60.8 Å². The second kappa shape index (κ2) is 10.6. The van der Waals surface area contributed by atoms with E-state index < -0.39 is 0 Å². The van der Waals surface area contributed by atoms with Gasteiger partial charge < -0.3 is 24.1 Å². The van der Waals surface area contributed by atoms with Gasteiger partial charge in [-0.15, -0.1) is 0 Å². The van der Waals surface area contributed by atoms with Gasteiger partial charge in [0.2, 0.25) is 5.75 Å². The van der Waals surface area contributed by atoms with Gasteiger partial charge in [0.25, 0.3) is 5.91 Å². The normalized spacial score (nSPS) is 12.5. The van der Waals surface area contributed by atoms with Crippen LogP contribution in [0.4, 0.5) is 5.69 Å². The molecular formula is C29H29N3O4. The highest BCUT2D eigenvalue weighted by molar-refractivity contribution is 6.05. The van der Waals surface area contributed by atoms with Crippen molar-refractivity contribution < 1.29 is 19.0 Å². The van der Waals surface area contributed by atoms with Crippen LogP contribution < -0.4 is 19.5 Å². The lowest BCUT2D eigenvalue weighted by Crippen LogP contribution is -2.13. The number of carbonyl (C=O) groups is 1. The molecule has 0 fully saturated rings. The first kappa shape index (κ1) is 23.5. The van der Waals surface area contributed by atoms with Crippen molar-refractivity contribution in [1.82, 2.24) is 9.55 Å². The predicted octanol–water partition coefficient (Wildman–Crippen LogP) is 5.73. The monoisotopic (exact) mass is 483 g/mol. The van der Waals surface area contributed by atoms with Crippen LogP contribution in [0.25, 0.3) is 11.4 Å². The molecule has 0 saturated heterocycles. The molecule has 0 atom stereocenters. The summed E-state index contributed by atoms with van der Waals surface area (Å²) < 4.78 is 19.3. The molecule has 4 aromatic rings. The van der Waals surface area contributed by atoms with Crippen molar-refractivity contribution in [2.75, 3.05) is 19.5 Å². The molecule has 0 saturated carbocycles. The van der Waals surface area contributed by atoms with Crippen LogP contribution >= 0.6 is 0 Å². The molecule has 1 N–H and O–H groups in total. The Bertz CT molecular complexity index is 1320. The maximum atomic E-state index is 13.1. The fourth-order valence-electron chi connectivity index (χ4n) is 4.46. The van der Waals surface area contributed by atoms with Crippen LogP contribution in [0.2, 0.25) is 0 Å². The lowest BCUT2D eigenvalue weighted by Gasteiger charge is -2.17. The molecular weight excluding hydrogens is 454 g/mol. The van der Waals surface area contributed by atoms with E-state index in [0.717, 1.165) is 29.9 Å². The average Bonchev–Trinajstić information content (AvgIpc) is 3.36. The van der Waals surface area contributed by atoms with Gasteiger partial charge >= 0.3 is 0 Å². The number of rotatable bonds is 8. The van der Waals surface area contributed by atoms with E-state index in [2.05, 4.69) is 14.9 Å². The van der Waals surface area contributed by atoms with Crippen molar-refractivity contribution >= 4 is 11.6 Å². The number of fused-ring (bicyclic) bond motifs is 1. The van der Waals surface area contributed by atoms with Crippen LogP contribution in [-0.4, -0.2) is 29.7 Å². The number of benzene rings is 3. The molecule has 0 spiro atoms. The summed E-state index contributed by atoms with van der Waals surface area (Å²) in [6.07, 6.45) is 5.43. The largest absolute Gasteiger partial charge is 0.493 e. The molecule has 1 amide bonds. The fraction of sp³-hybridized carbons (Fsp3) is 0.241. The molecule has 184 valence electrons. The highest BCUT2D eigenvalue weighted by Gasteiger charge is 2.19. The zero-order valence-corrected chi connectivity index (χ0v) is 20.5. The Labute approximate surface area is 210 Å². The number of aryl methyl sites for hydroxylation is 1. The molecule has 5 rings (SSSR count). The number of hydrogen-bond acceptors (Lipinski definition) is 5. The summed E-state index contributed by atoms with van der Waals surface area (Å²) in [4.78, 5) is 17.7.